The molecule has 2 spiro atoms. The van der Waals surface area contributed by atoms with Gasteiger partial charge in [-0.15, -0.1) is 11.6 Å². The number of rotatable bonds is 1. The lowest BCUT2D eigenvalue weighted by atomic mass is 9.62. The van der Waals surface area contributed by atoms with E-state index in [1.165, 1.54) is 0 Å². The van der Waals surface area contributed by atoms with Gasteiger partial charge in [-0.2, -0.15) is 0 Å². The predicted octanol–water partition coefficient (Wildman–Crippen LogP) is 2.50. The van der Waals surface area contributed by atoms with Gasteiger partial charge in [-0.25, -0.2) is 0 Å². The number of alkyl halides is 1. The molecule has 5 aliphatic carbocycles. The maximum Gasteiger partial charge on any atom is 0.316 e. The van der Waals surface area contributed by atoms with E-state index in [4.69, 9.17) is 16.3 Å². The number of fused-ring (bicyclic) bond motifs is 2. The zero-order chi connectivity index (χ0) is 18.3. The van der Waals surface area contributed by atoms with Gasteiger partial charge in [0, 0.05) is 29.0 Å². The minimum absolute atomic E-state index is 0.0130. The number of aliphatic carboxylic acids is 1. The number of carbonyl (C=O) groups excluding carboxylic acids is 1. The maximum atomic E-state index is 12.7. The van der Waals surface area contributed by atoms with Crippen LogP contribution in [0.2, 0.25) is 0 Å². The fourth-order valence-corrected chi connectivity index (χ4v) is 9.03. The molecule has 0 aromatic carbocycles. The maximum absolute atomic E-state index is 12.7. The van der Waals surface area contributed by atoms with Gasteiger partial charge >= 0.3 is 11.9 Å². The van der Waals surface area contributed by atoms with Crippen molar-refractivity contribution in [3.63, 3.8) is 0 Å². The molecule has 2 N–H and O–H groups in total. The molecule has 6 heteroatoms. The molecule has 1 heterocycles. The molecule has 5 fully saturated rings. The number of esters is 1. The Morgan fingerprint density at radius 1 is 1.38 bits per heavy atom. The summed E-state index contributed by atoms with van der Waals surface area (Å²) in [6.07, 6.45) is 7.69. The van der Waals surface area contributed by atoms with Gasteiger partial charge in [-0.05, 0) is 44.4 Å². The molecule has 0 aromatic rings. The SMILES string of the molecule is C[C@]12C=CC[C@@]3(OC1=O)[C@@H]1CC[C@]4(O)C[C@]1(C[C@]41CC1Cl)[C@@H](C(=O)O)[C@@H]32. The van der Waals surface area contributed by atoms with Crippen LogP contribution < -0.4 is 0 Å². The van der Waals surface area contributed by atoms with Crippen molar-refractivity contribution in [3.05, 3.63) is 12.2 Å². The third-order valence-electron chi connectivity index (χ3n) is 9.32. The molecule has 26 heavy (non-hydrogen) atoms. The predicted molar refractivity (Wildman–Crippen MR) is 91.3 cm³/mol. The molecule has 140 valence electrons. The number of hydrogen-bond donors (Lipinski definition) is 2. The van der Waals surface area contributed by atoms with E-state index in [-0.39, 0.29) is 28.6 Å². The summed E-state index contributed by atoms with van der Waals surface area (Å²) in [6.45, 7) is 1.83. The monoisotopic (exact) mass is 378 g/mol. The molecule has 4 bridgehead atoms. The average Bonchev–Trinajstić information content (AvgIpc) is 3.02. The Balaban J connectivity index is 1.59. The molecule has 6 aliphatic rings. The number of carboxylic acid groups (broad SMARTS) is 1. The van der Waals surface area contributed by atoms with Crippen LogP contribution in [0.25, 0.3) is 0 Å². The van der Waals surface area contributed by atoms with Crippen LogP contribution in [-0.4, -0.2) is 38.7 Å². The zero-order valence-corrected chi connectivity index (χ0v) is 15.5. The lowest BCUT2D eigenvalue weighted by molar-refractivity contribution is -0.162. The molecule has 1 unspecified atom stereocenters. The van der Waals surface area contributed by atoms with Gasteiger partial charge in [-0.3, -0.25) is 9.59 Å². The average molecular weight is 379 g/mol. The lowest BCUT2D eigenvalue weighted by Crippen LogP contribution is -2.48. The van der Waals surface area contributed by atoms with Gasteiger partial charge in [0.15, 0.2) is 0 Å². The van der Waals surface area contributed by atoms with E-state index in [9.17, 15) is 19.8 Å². The second kappa shape index (κ2) is 4.02. The summed E-state index contributed by atoms with van der Waals surface area (Å²) in [5.74, 6) is -2.19. The van der Waals surface area contributed by atoms with Gasteiger partial charge in [-0.1, -0.05) is 12.2 Å². The van der Waals surface area contributed by atoms with Crippen molar-refractivity contribution in [1.82, 2.24) is 0 Å². The van der Waals surface area contributed by atoms with Crippen LogP contribution in [0, 0.1) is 34.0 Å². The molecule has 0 amide bonds. The summed E-state index contributed by atoms with van der Waals surface area (Å²) >= 11 is 6.50. The van der Waals surface area contributed by atoms with Crippen LogP contribution in [0.3, 0.4) is 0 Å². The van der Waals surface area contributed by atoms with Crippen molar-refractivity contribution in [2.75, 3.05) is 0 Å². The first kappa shape index (κ1) is 15.9. The fourth-order valence-electron chi connectivity index (χ4n) is 8.47. The van der Waals surface area contributed by atoms with Gasteiger partial charge in [0.2, 0.25) is 0 Å². The van der Waals surface area contributed by atoms with Crippen molar-refractivity contribution in [2.45, 2.75) is 62.0 Å². The minimum Gasteiger partial charge on any atom is -0.481 e. The van der Waals surface area contributed by atoms with E-state index < -0.39 is 33.9 Å². The summed E-state index contributed by atoms with van der Waals surface area (Å²) in [7, 11) is 0. The smallest absolute Gasteiger partial charge is 0.316 e. The standard InChI is InChI=1S/C20H23ClO5/c1-16-4-2-5-20(26-15(16)24)10-3-6-19(25)9-17(10,8-18(19)7-11(18)21)12(13(16)20)14(22)23/h2,4,10-13,25H,3,5-9H2,1H3,(H,22,23)/t10-,11?,12-,13-,16-,17+,18+,19+,20-/m1/s1. The number of carbonyl (C=O) groups is 2. The third kappa shape index (κ3) is 1.30. The summed E-state index contributed by atoms with van der Waals surface area (Å²) in [4.78, 5) is 25.3. The molecule has 4 saturated carbocycles. The number of halogens is 1. The topological polar surface area (TPSA) is 83.8 Å². The highest BCUT2D eigenvalue weighted by Crippen LogP contribution is 2.83. The second-order valence-corrected chi connectivity index (χ2v) is 10.6. The van der Waals surface area contributed by atoms with Crippen molar-refractivity contribution in [3.8, 4) is 0 Å². The second-order valence-electron chi connectivity index (χ2n) is 10.1. The highest BCUT2D eigenvalue weighted by molar-refractivity contribution is 6.23. The van der Waals surface area contributed by atoms with Crippen LogP contribution in [-0.2, 0) is 14.3 Å². The molecule has 5 nitrogen and oxygen atoms in total. The van der Waals surface area contributed by atoms with Crippen molar-refractivity contribution < 1.29 is 24.5 Å². The molecule has 6 rings (SSSR count). The van der Waals surface area contributed by atoms with Crippen LogP contribution in [0.1, 0.15) is 45.4 Å². The first-order valence-electron chi connectivity index (χ1n) is 9.66. The van der Waals surface area contributed by atoms with E-state index in [0.29, 0.717) is 32.1 Å². The summed E-state index contributed by atoms with van der Waals surface area (Å²) in [5.41, 5.74) is -3.36. The van der Waals surface area contributed by atoms with Crippen molar-refractivity contribution >= 4 is 23.5 Å². The van der Waals surface area contributed by atoms with Crippen LogP contribution in [0.15, 0.2) is 12.2 Å². The highest BCUT2D eigenvalue weighted by atomic mass is 35.5. The number of hydrogen-bond acceptors (Lipinski definition) is 4. The Labute approximate surface area is 156 Å². The van der Waals surface area contributed by atoms with Crippen LogP contribution in [0.4, 0.5) is 0 Å². The Kier molecular flexibility index (Phi) is 2.47. The Morgan fingerprint density at radius 2 is 2.12 bits per heavy atom. The van der Waals surface area contributed by atoms with Crippen molar-refractivity contribution in [2.24, 2.45) is 34.0 Å². The molecule has 0 aromatic heterocycles. The summed E-state index contributed by atoms with van der Waals surface area (Å²) in [6, 6.07) is 0. The molecule has 9 atom stereocenters. The van der Waals surface area contributed by atoms with E-state index >= 15 is 0 Å². The van der Waals surface area contributed by atoms with Crippen molar-refractivity contribution in [1.29, 1.82) is 0 Å². The van der Waals surface area contributed by atoms with Gasteiger partial charge in [0.1, 0.15) is 5.60 Å². The molecule has 1 saturated heterocycles. The minimum atomic E-state index is -0.884. The lowest BCUT2D eigenvalue weighted by Gasteiger charge is -2.45. The number of aliphatic hydroxyl groups is 1. The molecular formula is C20H23ClO5. The fraction of sp³-hybridized carbons (Fsp3) is 0.800. The third-order valence-corrected chi connectivity index (χ3v) is 9.89. The Morgan fingerprint density at radius 3 is 2.77 bits per heavy atom. The molecule has 0 radical (unpaired) electrons. The van der Waals surface area contributed by atoms with Crippen LogP contribution in [0.5, 0.6) is 0 Å². The summed E-state index contributed by atoms with van der Waals surface area (Å²) < 4.78 is 6.06. The van der Waals surface area contributed by atoms with Gasteiger partial charge in [0.05, 0.1) is 16.9 Å². The first-order chi connectivity index (χ1) is 12.2. The normalized spacial score (nSPS) is 63.6. The van der Waals surface area contributed by atoms with E-state index in [0.717, 1.165) is 6.42 Å². The van der Waals surface area contributed by atoms with E-state index in [1.54, 1.807) is 0 Å². The van der Waals surface area contributed by atoms with E-state index in [1.807, 2.05) is 19.1 Å². The van der Waals surface area contributed by atoms with Crippen LogP contribution >= 0.6 is 11.6 Å². The van der Waals surface area contributed by atoms with Gasteiger partial charge in [0.25, 0.3) is 0 Å². The summed E-state index contributed by atoms with van der Waals surface area (Å²) in [5, 5.41) is 21.7. The highest BCUT2D eigenvalue weighted by Gasteiger charge is 2.87. The van der Waals surface area contributed by atoms with Gasteiger partial charge < -0.3 is 14.9 Å². The van der Waals surface area contributed by atoms with E-state index in [2.05, 4.69) is 0 Å². The Hall–Kier alpha value is -1.07. The molecule has 1 aliphatic heterocycles. The first-order valence-corrected chi connectivity index (χ1v) is 10.1. The molecular weight excluding hydrogens is 356 g/mol. The quantitative estimate of drug-likeness (QED) is 0.416. The number of ether oxygens (including phenoxy) is 1. The largest absolute Gasteiger partial charge is 0.481 e. The number of carboxylic acids is 1. The Bertz CT molecular complexity index is 810. The zero-order valence-electron chi connectivity index (χ0n) is 14.7.